The maximum atomic E-state index is 4.85. The molecule has 0 N–H and O–H groups in total. The van der Waals surface area contributed by atoms with Crippen LogP contribution in [0.1, 0.15) is 22.5 Å². The van der Waals surface area contributed by atoms with Crippen molar-refractivity contribution in [3.63, 3.8) is 0 Å². The fourth-order valence-corrected chi connectivity index (χ4v) is 3.52. The molecule has 3 heterocycles. The van der Waals surface area contributed by atoms with Crippen LogP contribution in [0.5, 0.6) is 0 Å². The Labute approximate surface area is 152 Å². The van der Waals surface area contributed by atoms with Crippen molar-refractivity contribution in [2.75, 3.05) is 0 Å². The highest BCUT2D eigenvalue weighted by atomic mass is 32.1. The van der Waals surface area contributed by atoms with Crippen molar-refractivity contribution >= 4 is 18.3 Å². The topological polar surface area (TPSA) is 43.1 Å². The van der Waals surface area contributed by atoms with Gasteiger partial charge in [-0.2, -0.15) is 5.10 Å². The first-order valence-corrected chi connectivity index (χ1v) is 8.62. The zero-order valence-corrected chi connectivity index (χ0v) is 15.0. The van der Waals surface area contributed by atoms with E-state index in [0.29, 0.717) is 0 Å². The van der Waals surface area contributed by atoms with E-state index in [2.05, 4.69) is 22.2 Å². The Hall–Kier alpha value is -2.66. The Bertz CT molecular complexity index is 1040. The van der Waals surface area contributed by atoms with E-state index in [1.54, 1.807) is 6.20 Å². The van der Waals surface area contributed by atoms with Crippen LogP contribution in [-0.2, 0) is 6.42 Å². The predicted octanol–water partition coefficient (Wildman–Crippen LogP) is 4.29. The monoisotopic (exact) mass is 346 g/mol. The minimum absolute atomic E-state index is 0.787. The fraction of sp³-hybridized carbons (Fsp3) is 0.150. The quantitative estimate of drug-likeness (QED) is 0.444. The van der Waals surface area contributed by atoms with Crippen LogP contribution < -0.4 is 0 Å². The summed E-state index contributed by atoms with van der Waals surface area (Å²) < 4.78 is 1.84. The molecule has 0 aliphatic heterocycles. The molecule has 124 valence electrons. The van der Waals surface area contributed by atoms with Crippen LogP contribution in [0.3, 0.4) is 0 Å². The highest BCUT2D eigenvalue weighted by molar-refractivity contribution is 7.80. The van der Waals surface area contributed by atoms with Crippen molar-refractivity contribution in [1.29, 1.82) is 0 Å². The summed E-state index contributed by atoms with van der Waals surface area (Å²) in [5, 5.41) is 5.52. The average molecular weight is 346 g/mol. The molecule has 0 radical (unpaired) electrons. The lowest BCUT2D eigenvalue weighted by molar-refractivity contribution is 0.795. The van der Waals surface area contributed by atoms with E-state index in [9.17, 15) is 0 Å². The second kappa shape index (κ2) is 6.33. The van der Waals surface area contributed by atoms with E-state index in [1.165, 1.54) is 5.56 Å². The lowest BCUT2D eigenvalue weighted by atomic mass is 10.0. The molecule has 0 bridgehead atoms. The molecule has 3 aromatic heterocycles. The second-order valence-electron chi connectivity index (χ2n) is 6.10. The molecule has 0 saturated carbocycles. The lowest BCUT2D eigenvalue weighted by Gasteiger charge is -2.11. The molecule has 1 aromatic carbocycles. The van der Waals surface area contributed by atoms with E-state index >= 15 is 0 Å². The van der Waals surface area contributed by atoms with Crippen LogP contribution in [-0.4, -0.2) is 19.6 Å². The van der Waals surface area contributed by atoms with Gasteiger partial charge in [0.05, 0.1) is 11.3 Å². The predicted molar refractivity (Wildman–Crippen MR) is 102 cm³/mol. The molecule has 4 rings (SSSR count). The molecule has 0 fully saturated rings. The summed E-state index contributed by atoms with van der Waals surface area (Å²) >= 11 is 4.78. The Morgan fingerprint density at radius 1 is 1.00 bits per heavy atom. The van der Waals surface area contributed by atoms with Gasteiger partial charge < -0.3 is 0 Å². The van der Waals surface area contributed by atoms with Crippen LogP contribution in [0.4, 0.5) is 0 Å². The maximum absolute atomic E-state index is 4.85. The summed E-state index contributed by atoms with van der Waals surface area (Å²) in [6.45, 7) is 4.03. The second-order valence-corrected chi connectivity index (χ2v) is 6.52. The molecule has 4 aromatic rings. The number of hydrogen-bond acceptors (Lipinski definition) is 4. The third kappa shape index (κ3) is 2.81. The number of nitrogens with zero attached hydrogens (tertiary/aromatic N) is 4. The Balaban J connectivity index is 1.90. The first-order chi connectivity index (χ1) is 12.1. The van der Waals surface area contributed by atoms with Gasteiger partial charge in [0.2, 0.25) is 0 Å². The normalized spacial score (nSPS) is 11.2. The SMILES string of the molecule is Cc1nc2c(-c3cccnc3)c(C)nn2c(S)c1Cc1ccccc1. The third-order valence-electron chi connectivity index (χ3n) is 4.39. The number of aryl methyl sites for hydroxylation is 2. The molecule has 0 saturated heterocycles. The van der Waals surface area contributed by atoms with Gasteiger partial charge in [-0.05, 0) is 25.5 Å². The highest BCUT2D eigenvalue weighted by Gasteiger charge is 2.18. The highest BCUT2D eigenvalue weighted by Crippen LogP contribution is 2.30. The van der Waals surface area contributed by atoms with Crippen LogP contribution in [0.25, 0.3) is 16.8 Å². The molecule has 0 atom stereocenters. The summed E-state index contributed by atoms with van der Waals surface area (Å²) in [6.07, 6.45) is 4.40. The molecule has 0 aliphatic rings. The van der Waals surface area contributed by atoms with Gasteiger partial charge in [-0.3, -0.25) is 4.98 Å². The first-order valence-electron chi connectivity index (χ1n) is 8.17. The van der Waals surface area contributed by atoms with E-state index in [4.69, 9.17) is 17.6 Å². The summed E-state index contributed by atoms with van der Waals surface area (Å²) in [5.74, 6) is 0. The van der Waals surface area contributed by atoms with E-state index in [-0.39, 0.29) is 0 Å². The number of benzene rings is 1. The zero-order valence-electron chi connectivity index (χ0n) is 14.1. The Morgan fingerprint density at radius 2 is 1.80 bits per heavy atom. The fourth-order valence-electron chi connectivity index (χ4n) is 3.14. The number of hydrogen-bond donors (Lipinski definition) is 1. The van der Waals surface area contributed by atoms with Gasteiger partial charge in [-0.1, -0.05) is 36.4 Å². The summed E-state index contributed by atoms with van der Waals surface area (Å²) in [4.78, 5) is 9.08. The van der Waals surface area contributed by atoms with Crippen molar-refractivity contribution in [3.05, 3.63) is 77.4 Å². The van der Waals surface area contributed by atoms with Gasteiger partial charge in [0.25, 0.3) is 0 Å². The number of fused-ring (bicyclic) bond motifs is 1. The van der Waals surface area contributed by atoms with E-state index in [1.807, 2.05) is 54.9 Å². The molecular formula is C20H18N4S. The molecular weight excluding hydrogens is 328 g/mol. The summed E-state index contributed by atoms with van der Waals surface area (Å²) in [7, 11) is 0. The van der Waals surface area contributed by atoms with Crippen LogP contribution in [0, 0.1) is 13.8 Å². The molecule has 0 amide bonds. The number of aromatic nitrogens is 4. The molecule has 0 aliphatic carbocycles. The molecule has 0 unspecified atom stereocenters. The minimum Gasteiger partial charge on any atom is -0.264 e. The Kier molecular flexibility index (Phi) is 4.01. The molecule has 4 nitrogen and oxygen atoms in total. The van der Waals surface area contributed by atoms with Gasteiger partial charge in [0, 0.05) is 35.6 Å². The van der Waals surface area contributed by atoms with Crippen molar-refractivity contribution in [3.8, 4) is 11.1 Å². The van der Waals surface area contributed by atoms with Gasteiger partial charge in [-0.15, -0.1) is 12.6 Å². The van der Waals surface area contributed by atoms with Crippen LogP contribution in [0.2, 0.25) is 0 Å². The summed E-state index contributed by atoms with van der Waals surface area (Å²) in [5.41, 5.74) is 7.09. The molecule has 25 heavy (non-hydrogen) atoms. The van der Waals surface area contributed by atoms with Crippen molar-refractivity contribution in [2.24, 2.45) is 0 Å². The minimum atomic E-state index is 0.787. The van der Waals surface area contributed by atoms with Gasteiger partial charge in [0.1, 0.15) is 5.03 Å². The van der Waals surface area contributed by atoms with E-state index < -0.39 is 0 Å². The largest absolute Gasteiger partial charge is 0.264 e. The molecule has 5 heteroatoms. The Morgan fingerprint density at radius 3 is 2.52 bits per heavy atom. The molecule has 0 spiro atoms. The zero-order chi connectivity index (χ0) is 17.4. The van der Waals surface area contributed by atoms with Crippen LogP contribution >= 0.6 is 12.6 Å². The average Bonchev–Trinajstić information content (AvgIpc) is 2.96. The van der Waals surface area contributed by atoms with Gasteiger partial charge in [0.15, 0.2) is 5.65 Å². The van der Waals surface area contributed by atoms with Crippen LogP contribution in [0.15, 0.2) is 59.9 Å². The van der Waals surface area contributed by atoms with Crippen molar-refractivity contribution in [1.82, 2.24) is 19.6 Å². The number of thiol groups is 1. The first kappa shape index (κ1) is 15.8. The lowest BCUT2D eigenvalue weighted by Crippen LogP contribution is -2.04. The van der Waals surface area contributed by atoms with Crippen molar-refractivity contribution in [2.45, 2.75) is 25.3 Å². The van der Waals surface area contributed by atoms with Gasteiger partial charge >= 0.3 is 0 Å². The standard InChI is InChI=1S/C20H18N4S/c1-13-17(11-15-7-4-3-5-8-15)20(25)24-19(22-13)18(14(2)23-24)16-9-6-10-21-12-16/h3-10,12,25H,11H2,1-2H3. The van der Waals surface area contributed by atoms with E-state index in [0.717, 1.165) is 45.2 Å². The third-order valence-corrected chi connectivity index (χ3v) is 4.85. The number of pyridine rings is 1. The van der Waals surface area contributed by atoms with Gasteiger partial charge in [-0.25, -0.2) is 9.50 Å². The summed E-state index contributed by atoms with van der Waals surface area (Å²) in [6, 6.07) is 14.3. The van der Waals surface area contributed by atoms with Crippen molar-refractivity contribution < 1.29 is 0 Å². The number of rotatable bonds is 3. The smallest absolute Gasteiger partial charge is 0.164 e. The maximum Gasteiger partial charge on any atom is 0.164 e.